The summed E-state index contributed by atoms with van der Waals surface area (Å²) < 4.78 is 1.92. The predicted molar refractivity (Wildman–Crippen MR) is 85.7 cm³/mol. The fourth-order valence-corrected chi connectivity index (χ4v) is 4.06. The lowest BCUT2D eigenvalue weighted by molar-refractivity contribution is 0.242. The van der Waals surface area contributed by atoms with E-state index in [2.05, 4.69) is 34.5 Å². The molecule has 1 fully saturated rings. The Morgan fingerprint density at radius 3 is 2.86 bits per heavy atom. The lowest BCUT2D eigenvalue weighted by Gasteiger charge is -2.32. The van der Waals surface area contributed by atoms with Crippen LogP contribution in [0, 0.1) is 13.8 Å². The average molecular weight is 321 g/mol. The molecule has 2 heterocycles. The van der Waals surface area contributed by atoms with E-state index >= 15 is 0 Å². The van der Waals surface area contributed by atoms with Crippen LogP contribution in [-0.4, -0.2) is 31.1 Å². The van der Waals surface area contributed by atoms with Crippen molar-refractivity contribution in [2.75, 3.05) is 0 Å². The van der Waals surface area contributed by atoms with Crippen LogP contribution in [0.25, 0.3) is 0 Å². The number of aromatic nitrogens is 4. The van der Waals surface area contributed by atoms with E-state index in [1.54, 1.807) is 11.3 Å². The maximum Gasteiger partial charge on any atom is 0.108 e. The van der Waals surface area contributed by atoms with Gasteiger partial charge in [-0.1, -0.05) is 18.1 Å². The van der Waals surface area contributed by atoms with Gasteiger partial charge in [0.1, 0.15) is 5.69 Å². The minimum absolute atomic E-state index is 0.0514. The minimum atomic E-state index is -0.0514. The second-order valence-electron chi connectivity index (χ2n) is 5.93. The third-order valence-corrected chi connectivity index (χ3v) is 5.39. The lowest BCUT2D eigenvalue weighted by atomic mass is 9.90. The fourth-order valence-electron chi connectivity index (χ4n) is 3.18. The van der Waals surface area contributed by atoms with Gasteiger partial charge >= 0.3 is 0 Å². The summed E-state index contributed by atoms with van der Waals surface area (Å²) in [4.78, 5) is 5.81. The molecule has 3 rings (SSSR count). The smallest absolute Gasteiger partial charge is 0.108 e. The number of hydrogen-bond donors (Lipinski definition) is 2. The summed E-state index contributed by atoms with van der Waals surface area (Å²) in [6.07, 6.45) is 6.58. The van der Waals surface area contributed by atoms with Gasteiger partial charge in [0.05, 0.1) is 29.5 Å². The summed E-state index contributed by atoms with van der Waals surface area (Å²) >= 11 is 1.77. The molecule has 120 valence electrons. The van der Waals surface area contributed by atoms with Crippen molar-refractivity contribution in [2.24, 2.45) is 0 Å². The van der Waals surface area contributed by atoms with Crippen LogP contribution < -0.4 is 5.32 Å². The Morgan fingerprint density at radius 1 is 1.36 bits per heavy atom. The third-order valence-electron chi connectivity index (χ3n) is 4.31. The zero-order chi connectivity index (χ0) is 15.5. The van der Waals surface area contributed by atoms with Crippen LogP contribution >= 0.6 is 11.3 Å². The number of nitrogens with zero attached hydrogens (tertiary/aromatic N) is 4. The molecule has 0 amide bonds. The highest BCUT2D eigenvalue weighted by Crippen LogP contribution is 2.29. The molecule has 2 atom stereocenters. The highest BCUT2D eigenvalue weighted by molar-refractivity contribution is 7.11. The van der Waals surface area contributed by atoms with E-state index in [-0.39, 0.29) is 6.61 Å². The Morgan fingerprint density at radius 2 is 2.18 bits per heavy atom. The second kappa shape index (κ2) is 6.85. The molecule has 1 aliphatic carbocycles. The van der Waals surface area contributed by atoms with E-state index in [4.69, 9.17) is 5.11 Å². The van der Waals surface area contributed by atoms with E-state index in [9.17, 15) is 0 Å². The molecule has 2 aromatic rings. The van der Waals surface area contributed by atoms with E-state index in [0.29, 0.717) is 17.8 Å². The van der Waals surface area contributed by atoms with Crippen LogP contribution in [0.4, 0.5) is 0 Å². The highest BCUT2D eigenvalue weighted by Gasteiger charge is 2.27. The fraction of sp³-hybridized carbons (Fsp3) is 0.667. The SMILES string of the molecule is Cc1nc(C)c(CN[C@H]2CCCC[C@H]2n2cc(CO)nn2)s1. The van der Waals surface area contributed by atoms with Crippen LogP contribution in [0.15, 0.2) is 6.20 Å². The lowest BCUT2D eigenvalue weighted by Crippen LogP contribution is -2.39. The Balaban J connectivity index is 1.68. The van der Waals surface area contributed by atoms with Gasteiger partial charge in [-0.3, -0.25) is 0 Å². The topological polar surface area (TPSA) is 75.9 Å². The van der Waals surface area contributed by atoms with Gasteiger partial charge in [0, 0.05) is 17.5 Å². The number of thiazole rings is 1. The van der Waals surface area contributed by atoms with E-state index in [0.717, 1.165) is 30.1 Å². The summed E-state index contributed by atoms with van der Waals surface area (Å²) in [7, 11) is 0. The Hall–Kier alpha value is -1.31. The zero-order valence-electron chi connectivity index (χ0n) is 13.1. The van der Waals surface area contributed by atoms with Crippen molar-refractivity contribution in [3.63, 3.8) is 0 Å². The molecule has 2 N–H and O–H groups in total. The van der Waals surface area contributed by atoms with Crippen molar-refractivity contribution < 1.29 is 5.11 Å². The summed E-state index contributed by atoms with van der Waals surface area (Å²) in [6, 6.07) is 0.708. The quantitative estimate of drug-likeness (QED) is 0.882. The number of nitrogens with one attached hydrogen (secondary N) is 1. The zero-order valence-corrected chi connectivity index (χ0v) is 13.9. The highest BCUT2D eigenvalue weighted by atomic mass is 32.1. The number of aliphatic hydroxyl groups excluding tert-OH is 1. The molecular weight excluding hydrogens is 298 g/mol. The van der Waals surface area contributed by atoms with Crippen molar-refractivity contribution in [1.82, 2.24) is 25.3 Å². The minimum Gasteiger partial charge on any atom is -0.390 e. The van der Waals surface area contributed by atoms with Crippen molar-refractivity contribution >= 4 is 11.3 Å². The molecule has 1 aliphatic rings. The standard InChI is InChI=1S/C15H23N5OS/c1-10-15(22-11(2)17-10)7-16-13-5-3-4-6-14(13)20-8-12(9-21)18-19-20/h8,13-14,16,21H,3-7,9H2,1-2H3/t13-,14+/m0/s1. The van der Waals surface area contributed by atoms with Crippen LogP contribution in [0.5, 0.6) is 0 Å². The van der Waals surface area contributed by atoms with Crippen LogP contribution in [0.2, 0.25) is 0 Å². The van der Waals surface area contributed by atoms with Crippen molar-refractivity contribution in [1.29, 1.82) is 0 Å². The molecule has 22 heavy (non-hydrogen) atoms. The van der Waals surface area contributed by atoms with Crippen LogP contribution in [0.1, 0.15) is 53.0 Å². The Kier molecular flexibility index (Phi) is 4.85. The molecule has 0 bridgehead atoms. The monoisotopic (exact) mass is 321 g/mol. The first-order valence-corrected chi connectivity index (χ1v) is 8.67. The molecular formula is C15H23N5OS. The Labute approximate surface area is 134 Å². The molecule has 1 saturated carbocycles. The van der Waals surface area contributed by atoms with E-state index < -0.39 is 0 Å². The molecule has 0 unspecified atom stereocenters. The van der Waals surface area contributed by atoms with Crippen molar-refractivity contribution in [3.05, 3.63) is 27.5 Å². The molecule has 0 radical (unpaired) electrons. The van der Waals surface area contributed by atoms with Gasteiger partial charge in [-0.2, -0.15) is 0 Å². The van der Waals surface area contributed by atoms with Gasteiger partial charge in [0.25, 0.3) is 0 Å². The molecule has 0 aliphatic heterocycles. The molecule has 7 heteroatoms. The molecule has 0 spiro atoms. The summed E-state index contributed by atoms with van der Waals surface area (Å²) in [5.41, 5.74) is 1.77. The number of aliphatic hydroxyl groups is 1. The predicted octanol–water partition coefficient (Wildman–Crippen LogP) is 2.12. The largest absolute Gasteiger partial charge is 0.390 e. The van der Waals surface area contributed by atoms with Gasteiger partial charge in [0.15, 0.2) is 0 Å². The summed E-state index contributed by atoms with van der Waals surface area (Å²) in [5.74, 6) is 0. The first-order valence-electron chi connectivity index (χ1n) is 7.85. The van der Waals surface area contributed by atoms with E-state index in [1.807, 2.05) is 10.9 Å². The van der Waals surface area contributed by atoms with Crippen molar-refractivity contribution in [2.45, 2.75) is 64.8 Å². The van der Waals surface area contributed by atoms with Crippen LogP contribution in [0.3, 0.4) is 0 Å². The molecule has 2 aromatic heterocycles. The van der Waals surface area contributed by atoms with Gasteiger partial charge in [-0.25, -0.2) is 9.67 Å². The first-order chi connectivity index (χ1) is 10.7. The molecule has 6 nitrogen and oxygen atoms in total. The third kappa shape index (κ3) is 3.37. The Bertz CT molecular complexity index is 623. The summed E-state index contributed by atoms with van der Waals surface area (Å²) in [5, 5.41) is 22.2. The van der Waals surface area contributed by atoms with Gasteiger partial charge in [-0.05, 0) is 26.7 Å². The molecule has 0 saturated heterocycles. The van der Waals surface area contributed by atoms with E-state index in [1.165, 1.54) is 17.7 Å². The number of hydrogen-bond acceptors (Lipinski definition) is 6. The van der Waals surface area contributed by atoms with Crippen LogP contribution in [-0.2, 0) is 13.2 Å². The van der Waals surface area contributed by atoms with Gasteiger partial charge < -0.3 is 10.4 Å². The summed E-state index contributed by atoms with van der Waals surface area (Å²) in [6.45, 7) is 4.93. The first kappa shape index (κ1) is 15.6. The average Bonchev–Trinajstić information content (AvgIpc) is 3.12. The number of aryl methyl sites for hydroxylation is 2. The number of rotatable bonds is 5. The molecule has 0 aromatic carbocycles. The van der Waals surface area contributed by atoms with Crippen molar-refractivity contribution in [3.8, 4) is 0 Å². The van der Waals surface area contributed by atoms with Gasteiger partial charge in [0.2, 0.25) is 0 Å². The normalized spacial score (nSPS) is 22.1. The second-order valence-corrected chi connectivity index (χ2v) is 7.22. The maximum atomic E-state index is 9.16. The van der Waals surface area contributed by atoms with Gasteiger partial charge in [-0.15, -0.1) is 16.4 Å². The maximum absolute atomic E-state index is 9.16.